The molecular formula is C11H21NO2. The van der Waals surface area contributed by atoms with Gasteiger partial charge < -0.3 is 4.74 Å². The second-order valence-electron chi connectivity index (χ2n) is 3.34. The van der Waals surface area contributed by atoms with Gasteiger partial charge in [-0.25, -0.2) is 0 Å². The number of nitrogens with zero attached hydrogens (tertiary/aromatic N) is 1. The number of unbranched alkanes of at least 4 members (excludes halogenated alkanes) is 1. The van der Waals surface area contributed by atoms with Crippen LogP contribution >= 0.6 is 0 Å². The van der Waals surface area contributed by atoms with E-state index < -0.39 is 5.97 Å². The highest BCUT2D eigenvalue weighted by molar-refractivity contribution is 5.66. The first-order valence-corrected chi connectivity index (χ1v) is 5.14. The fourth-order valence-electron chi connectivity index (χ4n) is 0.821. The molecule has 0 fully saturated rings. The Labute approximate surface area is 87.1 Å². The van der Waals surface area contributed by atoms with Crippen LogP contribution in [-0.2, 0) is 9.53 Å². The van der Waals surface area contributed by atoms with Crippen molar-refractivity contribution in [1.82, 2.24) is 0 Å². The maximum Gasteiger partial charge on any atom is 0.318 e. The van der Waals surface area contributed by atoms with E-state index in [1.54, 1.807) is 0 Å². The monoisotopic (exact) mass is 199 g/mol. The third-order valence-corrected chi connectivity index (χ3v) is 1.94. The van der Waals surface area contributed by atoms with Crippen molar-refractivity contribution in [2.75, 3.05) is 0 Å². The zero-order valence-electron chi connectivity index (χ0n) is 9.67. The van der Waals surface area contributed by atoms with Crippen LogP contribution in [0.15, 0.2) is 0 Å². The molecule has 0 aromatic carbocycles. The summed E-state index contributed by atoms with van der Waals surface area (Å²) in [6, 6.07) is 0. The van der Waals surface area contributed by atoms with Gasteiger partial charge >= 0.3 is 5.97 Å². The van der Waals surface area contributed by atoms with Crippen LogP contribution in [0.2, 0.25) is 0 Å². The molecule has 0 bridgehead atoms. The normalized spacial score (nSPS) is 10.5. The number of carbonyl (C=O) groups is 1. The first-order chi connectivity index (χ1) is 6.58. The van der Waals surface area contributed by atoms with Crippen LogP contribution in [0.1, 0.15) is 53.4 Å². The molecule has 0 aliphatic rings. The Hall–Kier alpha value is -1.04. The predicted octanol–water partition coefficient (Wildman–Crippen LogP) is 3.25. The third kappa shape index (κ3) is 17.2. The smallest absolute Gasteiger partial charge is 0.318 e. The van der Waals surface area contributed by atoms with Crippen LogP contribution in [-0.4, -0.2) is 5.97 Å². The first kappa shape index (κ1) is 15.4. The highest BCUT2D eigenvalue weighted by Gasteiger charge is 1.94. The number of hydrogen-bond acceptors (Lipinski definition) is 3. The number of hydrogen-bond donors (Lipinski definition) is 0. The van der Waals surface area contributed by atoms with Crippen molar-refractivity contribution in [1.29, 1.82) is 5.26 Å². The Morgan fingerprint density at radius 2 is 2.07 bits per heavy atom. The first-order valence-electron chi connectivity index (χ1n) is 5.14. The Balaban J connectivity index is 0. The summed E-state index contributed by atoms with van der Waals surface area (Å²) in [5.41, 5.74) is 0. The topological polar surface area (TPSA) is 50.1 Å². The minimum absolute atomic E-state index is 0.572. The van der Waals surface area contributed by atoms with E-state index in [0.29, 0.717) is 0 Å². The van der Waals surface area contributed by atoms with Crippen LogP contribution in [0.25, 0.3) is 0 Å². The van der Waals surface area contributed by atoms with Gasteiger partial charge in [0.2, 0.25) is 0 Å². The second kappa shape index (κ2) is 12.0. The van der Waals surface area contributed by atoms with Crippen molar-refractivity contribution >= 4 is 5.97 Å². The van der Waals surface area contributed by atoms with Crippen molar-refractivity contribution in [3.05, 3.63) is 0 Å². The average Bonchev–Trinajstić information content (AvgIpc) is 2.15. The fraction of sp³-hybridized carbons (Fsp3) is 0.818. The van der Waals surface area contributed by atoms with Crippen molar-refractivity contribution in [2.24, 2.45) is 5.92 Å². The van der Waals surface area contributed by atoms with Gasteiger partial charge in [-0.1, -0.05) is 46.5 Å². The number of nitriles is 1. The molecule has 0 saturated carbocycles. The lowest BCUT2D eigenvalue weighted by molar-refractivity contribution is -0.134. The number of ether oxygens (including phenoxy) is 1. The summed E-state index contributed by atoms with van der Waals surface area (Å²) in [4.78, 5) is 9.60. The second-order valence-corrected chi connectivity index (χ2v) is 3.34. The number of esters is 1. The predicted molar refractivity (Wildman–Crippen MR) is 56.4 cm³/mol. The quantitative estimate of drug-likeness (QED) is 0.516. The van der Waals surface area contributed by atoms with E-state index in [4.69, 9.17) is 5.26 Å². The van der Waals surface area contributed by atoms with Gasteiger partial charge in [-0.05, 0) is 5.92 Å². The summed E-state index contributed by atoms with van der Waals surface area (Å²) >= 11 is 0. The van der Waals surface area contributed by atoms with E-state index in [9.17, 15) is 4.79 Å². The molecule has 0 amide bonds. The zero-order valence-corrected chi connectivity index (χ0v) is 9.67. The molecule has 1 unspecified atom stereocenters. The van der Waals surface area contributed by atoms with Crippen LogP contribution in [0, 0.1) is 17.4 Å². The van der Waals surface area contributed by atoms with Crippen molar-refractivity contribution < 1.29 is 9.53 Å². The summed E-state index contributed by atoms with van der Waals surface area (Å²) in [7, 11) is 0. The number of rotatable bonds is 4. The Morgan fingerprint density at radius 1 is 1.50 bits per heavy atom. The highest BCUT2D eigenvalue weighted by Crippen LogP contribution is 2.09. The Kier molecular flexibility index (Phi) is 13.2. The van der Waals surface area contributed by atoms with Crippen molar-refractivity contribution in [2.45, 2.75) is 53.4 Å². The molecule has 0 spiro atoms. The molecule has 14 heavy (non-hydrogen) atoms. The maximum atomic E-state index is 9.60. The van der Waals surface area contributed by atoms with Crippen LogP contribution in [0.3, 0.4) is 0 Å². The number of carbonyl (C=O) groups excluding carboxylic acids is 1. The largest absolute Gasteiger partial charge is 0.351 e. The molecule has 0 saturated heterocycles. The summed E-state index contributed by atoms with van der Waals surface area (Å²) in [6.07, 6.45) is 6.75. The Bertz CT molecular complexity index is 173. The van der Waals surface area contributed by atoms with Gasteiger partial charge in [0.05, 0.1) is 0 Å². The summed E-state index contributed by atoms with van der Waals surface area (Å²) in [5.74, 6) is 0.382. The lowest BCUT2D eigenvalue weighted by Gasteiger charge is -2.04. The molecule has 0 radical (unpaired) electrons. The van der Waals surface area contributed by atoms with Gasteiger partial charge in [0.25, 0.3) is 6.26 Å². The SMILES string of the molecule is CC(=O)OC#N.CCCCC(C)CC. The lowest BCUT2D eigenvalue weighted by Crippen LogP contribution is -1.89. The molecule has 0 aromatic rings. The van der Waals surface area contributed by atoms with E-state index in [1.807, 2.05) is 0 Å². The molecule has 3 nitrogen and oxygen atoms in total. The molecule has 0 aliphatic heterocycles. The molecule has 82 valence electrons. The van der Waals surface area contributed by atoms with Gasteiger partial charge in [0.15, 0.2) is 0 Å². The molecule has 3 heteroatoms. The van der Waals surface area contributed by atoms with E-state index >= 15 is 0 Å². The van der Waals surface area contributed by atoms with E-state index in [2.05, 4.69) is 25.5 Å². The van der Waals surface area contributed by atoms with E-state index in [1.165, 1.54) is 38.9 Å². The van der Waals surface area contributed by atoms with Crippen molar-refractivity contribution in [3.8, 4) is 6.26 Å². The minimum atomic E-state index is -0.572. The zero-order chi connectivity index (χ0) is 11.4. The van der Waals surface area contributed by atoms with Crippen LogP contribution < -0.4 is 0 Å². The van der Waals surface area contributed by atoms with Crippen molar-refractivity contribution in [3.63, 3.8) is 0 Å². The standard InChI is InChI=1S/C8H18.C3H3NO2/c1-4-6-7-8(3)5-2;1-3(5)6-2-4/h8H,4-7H2,1-3H3;1H3. The molecule has 0 rings (SSSR count). The Morgan fingerprint density at radius 3 is 2.29 bits per heavy atom. The van der Waals surface area contributed by atoms with Crippen LogP contribution in [0.5, 0.6) is 0 Å². The van der Waals surface area contributed by atoms with Gasteiger partial charge in [-0.15, -0.1) is 5.26 Å². The molecule has 0 aromatic heterocycles. The van der Waals surface area contributed by atoms with Gasteiger partial charge in [0, 0.05) is 6.92 Å². The molecule has 0 N–H and O–H groups in total. The minimum Gasteiger partial charge on any atom is -0.351 e. The average molecular weight is 199 g/mol. The molecule has 0 heterocycles. The maximum absolute atomic E-state index is 9.60. The van der Waals surface area contributed by atoms with Crippen LogP contribution in [0.4, 0.5) is 0 Å². The van der Waals surface area contributed by atoms with Gasteiger partial charge in [-0.2, -0.15) is 0 Å². The van der Waals surface area contributed by atoms with E-state index in [-0.39, 0.29) is 0 Å². The summed E-state index contributed by atoms with van der Waals surface area (Å²) in [5, 5.41) is 7.54. The molecular weight excluding hydrogens is 178 g/mol. The fourth-order valence-corrected chi connectivity index (χ4v) is 0.821. The van der Waals surface area contributed by atoms with Gasteiger partial charge in [-0.3, -0.25) is 4.79 Å². The van der Waals surface area contributed by atoms with Gasteiger partial charge in [0.1, 0.15) is 0 Å². The highest BCUT2D eigenvalue weighted by atomic mass is 16.5. The molecule has 0 aliphatic carbocycles. The lowest BCUT2D eigenvalue weighted by atomic mass is 10.0. The third-order valence-electron chi connectivity index (χ3n) is 1.94. The summed E-state index contributed by atoms with van der Waals surface area (Å²) < 4.78 is 3.71. The molecule has 1 atom stereocenters. The van der Waals surface area contributed by atoms with E-state index in [0.717, 1.165) is 5.92 Å². The summed E-state index contributed by atoms with van der Waals surface area (Å²) in [6.45, 7) is 8.02.